The molecule has 2 aromatic carbocycles. The van der Waals surface area contributed by atoms with Crippen LogP contribution in [-0.4, -0.2) is 59.1 Å². The van der Waals surface area contributed by atoms with Gasteiger partial charge in [-0.3, -0.25) is 9.80 Å². The minimum Gasteiger partial charge on any atom is -0.336 e. The van der Waals surface area contributed by atoms with Crippen molar-refractivity contribution in [2.75, 3.05) is 13.1 Å². The third-order valence-electron chi connectivity index (χ3n) is 15.7. The summed E-state index contributed by atoms with van der Waals surface area (Å²) in [4.78, 5) is 31.1. The molecule has 0 spiro atoms. The first-order valence-corrected chi connectivity index (χ1v) is 24.2. The Morgan fingerprint density at radius 3 is 1.17 bits per heavy atom. The fraction of sp³-hybridized carbons (Fsp3) is 0.720. The van der Waals surface area contributed by atoms with E-state index in [1.165, 1.54) is 103 Å². The Morgan fingerprint density at radius 1 is 0.500 bits per heavy atom. The van der Waals surface area contributed by atoms with Gasteiger partial charge in [0, 0.05) is 48.3 Å². The lowest BCUT2D eigenvalue weighted by Crippen LogP contribution is -2.46. The van der Waals surface area contributed by atoms with Gasteiger partial charge in [-0.2, -0.15) is 0 Å². The third kappa shape index (κ3) is 10.3. The van der Waals surface area contributed by atoms with Crippen molar-refractivity contribution < 1.29 is 9.59 Å². The van der Waals surface area contributed by atoms with Crippen LogP contribution >= 0.6 is 0 Å². The van der Waals surface area contributed by atoms with Crippen molar-refractivity contribution in [2.24, 2.45) is 11.8 Å². The molecule has 0 radical (unpaired) electrons. The molecule has 6 atom stereocenters. The van der Waals surface area contributed by atoms with Crippen LogP contribution in [-0.2, 0) is 0 Å². The summed E-state index contributed by atoms with van der Waals surface area (Å²) in [5.74, 6) is 1.58. The van der Waals surface area contributed by atoms with E-state index >= 15 is 0 Å². The maximum atomic E-state index is 12.8. The predicted molar refractivity (Wildman–Crippen MR) is 236 cm³/mol. The Morgan fingerprint density at radius 2 is 0.828 bits per heavy atom. The minimum absolute atomic E-state index is 0.0212. The standard InChI is InChI=1S/C50H76N6O2/c1-35(51-49(57)53-39-23-19-37(20-24-39)31-33-55-45-27-28-46(55)42-16-10-9-15-41(42)45)13-7-5-3-4-6-8-14-36(2)52-50(58)54-40-25-21-38(22-26-40)32-34-56-47-29-30-48(56)44-18-12-11-17-43(44)47/h9-12,15-18,35-40,45-48H,3-8,13-14,19-34H2,1-2H3,(H2,51,53,57)(H2,52,54,58)/t35?,36?,37?,38?,39?,40?,45-,46+,47-,48?/m1/s1. The molecule has 8 nitrogen and oxygen atoms in total. The number of hydrogen-bond acceptors (Lipinski definition) is 4. The van der Waals surface area contributed by atoms with Crippen LogP contribution in [0.3, 0.4) is 0 Å². The van der Waals surface area contributed by atoms with Crippen LogP contribution in [0, 0.1) is 11.8 Å². The van der Waals surface area contributed by atoms with Crippen molar-refractivity contribution in [3.05, 3.63) is 70.8 Å². The molecule has 6 aliphatic rings. The van der Waals surface area contributed by atoms with Gasteiger partial charge in [0.1, 0.15) is 0 Å². The van der Waals surface area contributed by atoms with Crippen molar-refractivity contribution in [1.29, 1.82) is 0 Å². The topological polar surface area (TPSA) is 88.7 Å². The van der Waals surface area contributed by atoms with Gasteiger partial charge in [0.2, 0.25) is 0 Å². The molecule has 318 valence electrons. The molecule has 4 fully saturated rings. The Bertz CT molecular complexity index is 1450. The normalized spacial score (nSPS) is 29.8. The summed E-state index contributed by atoms with van der Waals surface area (Å²) >= 11 is 0. The van der Waals surface area contributed by atoms with E-state index in [2.05, 4.69) is 93.4 Å². The van der Waals surface area contributed by atoms with E-state index in [0.29, 0.717) is 36.3 Å². The lowest BCUT2D eigenvalue weighted by atomic mass is 9.84. The average Bonchev–Trinajstić information content (AvgIpc) is 3.99. The molecule has 4 aliphatic heterocycles. The van der Waals surface area contributed by atoms with Crippen molar-refractivity contribution in [1.82, 2.24) is 31.1 Å². The first kappa shape index (κ1) is 41.6. The number of benzene rings is 2. The van der Waals surface area contributed by atoms with E-state index < -0.39 is 0 Å². The van der Waals surface area contributed by atoms with E-state index in [4.69, 9.17) is 0 Å². The number of nitrogens with one attached hydrogen (secondary N) is 4. The van der Waals surface area contributed by atoms with Gasteiger partial charge in [-0.15, -0.1) is 0 Å². The zero-order valence-corrected chi connectivity index (χ0v) is 36.1. The van der Waals surface area contributed by atoms with Crippen LogP contribution in [0.1, 0.15) is 202 Å². The maximum Gasteiger partial charge on any atom is 0.315 e. The molecule has 3 unspecified atom stereocenters. The molecule has 2 aliphatic carbocycles. The number of fused-ring (bicyclic) bond motifs is 10. The number of carbonyl (C=O) groups is 2. The van der Waals surface area contributed by atoms with E-state index in [-0.39, 0.29) is 24.1 Å². The Hall–Kier alpha value is -3.10. The lowest BCUT2D eigenvalue weighted by Gasteiger charge is -2.31. The highest BCUT2D eigenvalue weighted by Crippen LogP contribution is 2.54. The average molecular weight is 793 g/mol. The predicted octanol–water partition coefficient (Wildman–Crippen LogP) is 11.2. The molecule has 2 aromatic rings. The van der Waals surface area contributed by atoms with Gasteiger partial charge >= 0.3 is 12.1 Å². The first-order valence-electron chi connectivity index (χ1n) is 24.2. The van der Waals surface area contributed by atoms with Crippen molar-refractivity contribution in [3.63, 3.8) is 0 Å². The van der Waals surface area contributed by atoms with Crippen LogP contribution in [0.15, 0.2) is 48.5 Å². The zero-order chi connectivity index (χ0) is 39.8. The molecule has 4 bridgehead atoms. The summed E-state index contributed by atoms with van der Waals surface area (Å²) < 4.78 is 0. The molecule has 4 amide bonds. The second-order valence-electron chi connectivity index (χ2n) is 19.7. The Balaban J connectivity index is 0.593. The molecule has 2 saturated carbocycles. The van der Waals surface area contributed by atoms with Crippen LogP contribution in [0.5, 0.6) is 0 Å². The summed E-state index contributed by atoms with van der Waals surface area (Å²) in [7, 11) is 0. The van der Waals surface area contributed by atoms with Gasteiger partial charge in [0.05, 0.1) is 0 Å². The Labute approximate surface area is 350 Å². The smallest absolute Gasteiger partial charge is 0.315 e. The highest BCUT2D eigenvalue weighted by atomic mass is 16.2. The van der Waals surface area contributed by atoms with E-state index in [9.17, 15) is 9.59 Å². The number of rotatable bonds is 19. The van der Waals surface area contributed by atoms with E-state index in [1.54, 1.807) is 22.3 Å². The van der Waals surface area contributed by atoms with Gasteiger partial charge in [-0.25, -0.2) is 9.59 Å². The maximum absolute atomic E-state index is 12.8. The van der Waals surface area contributed by atoms with Crippen LogP contribution in [0.2, 0.25) is 0 Å². The SMILES string of the molecule is CC(CCCCCCCCC(C)NC(=O)NC1CCC(CCN2[C@@H]3CC[C@H]2c2ccccc23)CC1)NC(=O)NC1CCC(CCN2C3CC[C@@H]2c2ccccc23)CC1. The number of hydrogen-bond donors (Lipinski definition) is 4. The van der Waals surface area contributed by atoms with Crippen molar-refractivity contribution in [3.8, 4) is 0 Å². The fourth-order valence-electron chi connectivity index (χ4n) is 12.4. The minimum atomic E-state index is 0.0212. The molecular formula is C50H76N6O2. The summed E-state index contributed by atoms with van der Waals surface area (Å²) in [6.07, 6.45) is 26.6. The molecule has 4 N–H and O–H groups in total. The van der Waals surface area contributed by atoms with Gasteiger partial charge in [-0.05, 0) is 164 Å². The molecule has 8 heteroatoms. The quantitative estimate of drug-likeness (QED) is 0.107. The summed E-state index contributed by atoms with van der Waals surface area (Å²) in [5.41, 5.74) is 6.35. The van der Waals surface area contributed by atoms with Gasteiger partial charge in [-0.1, -0.05) is 87.1 Å². The first-order chi connectivity index (χ1) is 28.4. The van der Waals surface area contributed by atoms with Crippen LogP contribution in [0.4, 0.5) is 9.59 Å². The highest BCUT2D eigenvalue weighted by Gasteiger charge is 2.44. The molecule has 58 heavy (non-hydrogen) atoms. The Kier molecular flexibility index (Phi) is 14.3. The second-order valence-corrected chi connectivity index (χ2v) is 19.7. The highest BCUT2D eigenvalue weighted by molar-refractivity contribution is 5.75. The summed E-state index contributed by atoms with van der Waals surface area (Å²) in [5, 5.41) is 13.0. The zero-order valence-electron chi connectivity index (χ0n) is 36.1. The monoisotopic (exact) mass is 793 g/mol. The van der Waals surface area contributed by atoms with Gasteiger partial charge in [0.25, 0.3) is 0 Å². The van der Waals surface area contributed by atoms with E-state index in [1.807, 2.05) is 0 Å². The molecular weight excluding hydrogens is 717 g/mol. The summed E-state index contributed by atoms with van der Waals surface area (Å²) in [6.45, 7) is 6.74. The van der Waals surface area contributed by atoms with Crippen LogP contribution in [0.25, 0.3) is 0 Å². The molecule has 2 saturated heterocycles. The van der Waals surface area contributed by atoms with E-state index in [0.717, 1.165) is 63.2 Å². The third-order valence-corrected chi connectivity index (χ3v) is 15.7. The van der Waals surface area contributed by atoms with Crippen molar-refractivity contribution in [2.45, 2.75) is 203 Å². The number of amides is 4. The van der Waals surface area contributed by atoms with Crippen LogP contribution < -0.4 is 21.3 Å². The molecule has 8 rings (SSSR count). The van der Waals surface area contributed by atoms with Gasteiger partial charge < -0.3 is 21.3 Å². The number of nitrogens with zero attached hydrogens (tertiary/aromatic N) is 2. The lowest BCUT2D eigenvalue weighted by molar-refractivity contribution is 0.185. The second kappa shape index (κ2) is 20.0. The number of unbranched alkanes of at least 4 members (excludes halogenated alkanes) is 5. The number of urea groups is 2. The largest absolute Gasteiger partial charge is 0.336 e. The number of carbonyl (C=O) groups excluding carboxylic acids is 2. The van der Waals surface area contributed by atoms with Gasteiger partial charge in [0.15, 0.2) is 0 Å². The fourth-order valence-corrected chi connectivity index (χ4v) is 12.4. The summed E-state index contributed by atoms with van der Waals surface area (Å²) in [6, 6.07) is 21.9. The van der Waals surface area contributed by atoms with Crippen molar-refractivity contribution >= 4 is 12.1 Å². The molecule has 0 aromatic heterocycles. The molecule has 4 heterocycles.